The molecule has 2 heteroatoms. The molecule has 0 aliphatic heterocycles. The number of hydrogen-bond acceptors (Lipinski definition) is 2. The molecular weight excluding hydrogens is 152 g/mol. The number of rotatable bonds is 4. The van der Waals surface area contributed by atoms with Gasteiger partial charge in [0.15, 0.2) is 0 Å². The summed E-state index contributed by atoms with van der Waals surface area (Å²) in [5.74, 6) is 0. The van der Waals surface area contributed by atoms with E-state index in [0.717, 1.165) is 0 Å². The van der Waals surface area contributed by atoms with Crippen LogP contribution in [0.25, 0.3) is 0 Å². The van der Waals surface area contributed by atoms with E-state index in [9.17, 15) is 5.11 Å². The van der Waals surface area contributed by atoms with Crippen molar-refractivity contribution in [3.05, 3.63) is 12.3 Å². The summed E-state index contributed by atoms with van der Waals surface area (Å²) in [6, 6.07) is 0. The first-order chi connectivity index (χ1) is 5.48. The second-order valence-electron chi connectivity index (χ2n) is 3.94. The van der Waals surface area contributed by atoms with Crippen molar-refractivity contribution in [2.45, 2.75) is 40.2 Å². The van der Waals surface area contributed by atoms with E-state index in [1.165, 1.54) is 0 Å². The van der Waals surface area contributed by atoms with E-state index in [4.69, 9.17) is 4.74 Å². The molecule has 1 unspecified atom stereocenters. The zero-order valence-corrected chi connectivity index (χ0v) is 8.50. The predicted molar refractivity (Wildman–Crippen MR) is 50.8 cm³/mol. The Bertz CT molecular complexity index is 133. The lowest BCUT2D eigenvalue weighted by molar-refractivity contribution is 0.0653. The van der Waals surface area contributed by atoms with Crippen LogP contribution in [0.1, 0.15) is 34.1 Å². The van der Waals surface area contributed by atoms with Crippen LogP contribution >= 0.6 is 0 Å². The van der Waals surface area contributed by atoms with E-state index in [1.54, 1.807) is 6.26 Å². The molecule has 0 aliphatic rings. The molecular formula is C10H20O2. The Labute approximate surface area is 75.2 Å². The Hall–Kier alpha value is -0.500. The SMILES string of the molecule is CCO/C=C/CC(O)C(C)(C)C. The van der Waals surface area contributed by atoms with Gasteiger partial charge in [-0.05, 0) is 24.8 Å². The van der Waals surface area contributed by atoms with Crippen molar-refractivity contribution in [3.8, 4) is 0 Å². The molecule has 12 heavy (non-hydrogen) atoms. The molecule has 72 valence electrons. The average molecular weight is 172 g/mol. The first-order valence-corrected chi connectivity index (χ1v) is 4.43. The molecule has 0 aromatic rings. The Morgan fingerprint density at radius 2 is 2.00 bits per heavy atom. The van der Waals surface area contributed by atoms with Crippen LogP contribution in [0.5, 0.6) is 0 Å². The second-order valence-corrected chi connectivity index (χ2v) is 3.94. The summed E-state index contributed by atoms with van der Waals surface area (Å²) in [7, 11) is 0. The topological polar surface area (TPSA) is 29.5 Å². The van der Waals surface area contributed by atoms with Crippen molar-refractivity contribution < 1.29 is 9.84 Å². The Morgan fingerprint density at radius 3 is 2.42 bits per heavy atom. The van der Waals surface area contributed by atoms with Crippen molar-refractivity contribution in [3.63, 3.8) is 0 Å². The minimum atomic E-state index is -0.297. The fourth-order valence-corrected chi connectivity index (χ4v) is 0.702. The number of aliphatic hydroxyl groups is 1. The van der Waals surface area contributed by atoms with Crippen LogP contribution in [0.4, 0.5) is 0 Å². The Kier molecular flexibility index (Phi) is 4.98. The van der Waals surface area contributed by atoms with Gasteiger partial charge in [-0.2, -0.15) is 0 Å². The summed E-state index contributed by atoms with van der Waals surface area (Å²) >= 11 is 0. The highest BCUT2D eigenvalue weighted by Crippen LogP contribution is 2.21. The largest absolute Gasteiger partial charge is 0.502 e. The monoisotopic (exact) mass is 172 g/mol. The fourth-order valence-electron chi connectivity index (χ4n) is 0.702. The fraction of sp³-hybridized carbons (Fsp3) is 0.800. The summed E-state index contributed by atoms with van der Waals surface area (Å²) in [6.07, 6.45) is 3.87. The van der Waals surface area contributed by atoms with Gasteiger partial charge in [-0.3, -0.25) is 0 Å². The second kappa shape index (κ2) is 5.20. The van der Waals surface area contributed by atoms with Gasteiger partial charge < -0.3 is 9.84 Å². The van der Waals surface area contributed by atoms with Crippen LogP contribution in [0.3, 0.4) is 0 Å². The summed E-state index contributed by atoms with van der Waals surface area (Å²) in [5, 5.41) is 9.58. The molecule has 0 spiro atoms. The molecule has 0 fully saturated rings. The first kappa shape index (κ1) is 11.5. The van der Waals surface area contributed by atoms with E-state index in [-0.39, 0.29) is 11.5 Å². The van der Waals surface area contributed by atoms with Gasteiger partial charge >= 0.3 is 0 Å². The molecule has 2 nitrogen and oxygen atoms in total. The molecule has 0 heterocycles. The quantitative estimate of drug-likeness (QED) is 0.659. The minimum absolute atomic E-state index is 0.0451. The summed E-state index contributed by atoms with van der Waals surface area (Å²) in [6.45, 7) is 8.68. The lowest BCUT2D eigenvalue weighted by atomic mass is 9.87. The maximum absolute atomic E-state index is 9.58. The van der Waals surface area contributed by atoms with Gasteiger partial charge in [0.2, 0.25) is 0 Å². The van der Waals surface area contributed by atoms with Crippen LogP contribution in [0.15, 0.2) is 12.3 Å². The Morgan fingerprint density at radius 1 is 1.42 bits per heavy atom. The van der Waals surface area contributed by atoms with Crippen LogP contribution < -0.4 is 0 Å². The van der Waals surface area contributed by atoms with E-state index in [2.05, 4.69) is 0 Å². The van der Waals surface area contributed by atoms with Gasteiger partial charge in [0, 0.05) is 0 Å². The number of hydrogen-bond donors (Lipinski definition) is 1. The van der Waals surface area contributed by atoms with Crippen molar-refractivity contribution >= 4 is 0 Å². The third-order valence-corrected chi connectivity index (χ3v) is 1.72. The molecule has 0 saturated heterocycles. The smallest absolute Gasteiger partial charge is 0.0845 e. The highest BCUT2D eigenvalue weighted by Gasteiger charge is 2.20. The average Bonchev–Trinajstić information content (AvgIpc) is 1.96. The predicted octanol–water partition coefficient (Wildman–Crippen LogP) is 2.33. The maximum atomic E-state index is 9.58. The normalized spacial score (nSPS) is 15.1. The third-order valence-electron chi connectivity index (χ3n) is 1.72. The van der Waals surface area contributed by atoms with Gasteiger partial charge in [0.05, 0.1) is 19.0 Å². The number of aliphatic hydroxyl groups excluding tert-OH is 1. The summed E-state index contributed by atoms with van der Waals surface area (Å²) in [4.78, 5) is 0. The summed E-state index contributed by atoms with van der Waals surface area (Å²) < 4.78 is 5.00. The van der Waals surface area contributed by atoms with Crippen LogP contribution in [-0.4, -0.2) is 17.8 Å². The Balaban J connectivity index is 3.64. The van der Waals surface area contributed by atoms with Gasteiger partial charge in [-0.25, -0.2) is 0 Å². The van der Waals surface area contributed by atoms with E-state index < -0.39 is 0 Å². The van der Waals surface area contributed by atoms with Crippen molar-refractivity contribution in [2.24, 2.45) is 5.41 Å². The number of ether oxygens (including phenoxy) is 1. The van der Waals surface area contributed by atoms with E-state index >= 15 is 0 Å². The molecule has 0 radical (unpaired) electrons. The van der Waals surface area contributed by atoms with Gasteiger partial charge in [0.25, 0.3) is 0 Å². The molecule has 1 atom stereocenters. The molecule has 0 aliphatic carbocycles. The highest BCUT2D eigenvalue weighted by molar-refractivity contribution is 4.83. The van der Waals surface area contributed by atoms with E-state index in [0.29, 0.717) is 13.0 Å². The van der Waals surface area contributed by atoms with Crippen molar-refractivity contribution in [2.75, 3.05) is 6.61 Å². The van der Waals surface area contributed by atoms with Gasteiger partial charge in [-0.15, -0.1) is 0 Å². The molecule has 0 bridgehead atoms. The van der Waals surface area contributed by atoms with E-state index in [1.807, 2.05) is 33.8 Å². The molecule has 0 aromatic carbocycles. The standard InChI is InChI=1S/C10H20O2/c1-5-12-8-6-7-9(11)10(2,3)4/h6,8-9,11H,5,7H2,1-4H3/b8-6+. The van der Waals surface area contributed by atoms with Gasteiger partial charge in [-0.1, -0.05) is 20.8 Å². The maximum Gasteiger partial charge on any atom is 0.0845 e. The van der Waals surface area contributed by atoms with Crippen LogP contribution in [-0.2, 0) is 4.74 Å². The molecule has 0 saturated carbocycles. The van der Waals surface area contributed by atoms with Crippen LogP contribution in [0, 0.1) is 5.41 Å². The first-order valence-electron chi connectivity index (χ1n) is 4.43. The molecule has 0 amide bonds. The van der Waals surface area contributed by atoms with Gasteiger partial charge in [0.1, 0.15) is 0 Å². The lowest BCUT2D eigenvalue weighted by Crippen LogP contribution is -2.25. The minimum Gasteiger partial charge on any atom is -0.502 e. The van der Waals surface area contributed by atoms with Crippen LogP contribution in [0.2, 0.25) is 0 Å². The third kappa shape index (κ3) is 5.19. The highest BCUT2D eigenvalue weighted by atomic mass is 16.5. The molecule has 0 rings (SSSR count). The van der Waals surface area contributed by atoms with Crippen molar-refractivity contribution in [1.29, 1.82) is 0 Å². The zero-order chi connectivity index (χ0) is 9.61. The molecule has 1 N–H and O–H groups in total. The lowest BCUT2D eigenvalue weighted by Gasteiger charge is -2.24. The van der Waals surface area contributed by atoms with Crippen molar-refractivity contribution in [1.82, 2.24) is 0 Å². The zero-order valence-electron chi connectivity index (χ0n) is 8.50. The molecule has 0 aromatic heterocycles. The summed E-state index contributed by atoms with van der Waals surface area (Å²) in [5.41, 5.74) is -0.0451.